The number of aliphatic imine (C=N–C) groups is 1. The molecule has 0 radical (unpaired) electrons. The molecule has 1 aliphatic rings. The number of carbonyl (C=O) groups excluding carboxylic acids is 2. The van der Waals surface area contributed by atoms with Crippen molar-refractivity contribution >= 4 is 40.1 Å². The summed E-state index contributed by atoms with van der Waals surface area (Å²) < 4.78 is 43.8. The topological polar surface area (TPSA) is 71.0 Å². The molecular weight excluding hydrogens is 419 g/mol. The molecule has 0 aromatic heterocycles. The van der Waals surface area contributed by atoms with Gasteiger partial charge in [0.05, 0.1) is 18.4 Å². The van der Waals surface area contributed by atoms with Gasteiger partial charge >= 0.3 is 6.18 Å². The van der Waals surface area contributed by atoms with Crippen molar-refractivity contribution in [3.05, 3.63) is 54.1 Å². The molecule has 30 heavy (non-hydrogen) atoms. The number of nitrogens with zero attached hydrogens (tertiary/aromatic N) is 2. The van der Waals surface area contributed by atoms with Gasteiger partial charge in [-0.2, -0.15) is 13.2 Å². The van der Waals surface area contributed by atoms with Gasteiger partial charge < -0.3 is 10.1 Å². The second-order valence-corrected chi connectivity index (χ2v) is 7.59. The van der Waals surface area contributed by atoms with E-state index in [0.717, 1.165) is 23.9 Å². The molecule has 1 atom stereocenters. The Balaban J connectivity index is 1.78. The van der Waals surface area contributed by atoms with Gasteiger partial charge in [-0.05, 0) is 42.5 Å². The van der Waals surface area contributed by atoms with Crippen LogP contribution in [0.25, 0.3) is 0 Å². The van der Waals surface area contributed by atoms with Crippen molar-refractivity contribution in [3.63, 3.8) is 0 Å². The number of methoxy groups -OCH3 is 1. The maximum atomic E-state index is 12.9. The number of rotatable bonds is 4. The summed E-state index contributed by atoms with van der Waals surface area (Å²) in [5.41, 5.74) is -0.264. The summed E-state index contributed by atoms with van der Waals surface area (Å²) in [4.78, 5) is 30.4. The second-order valence-electron chi connectivity index (χ2n) is 6.42. The summed E-state index contributed by atoms with van der Waals surface area (Å²) in [6.07, 6.45) is -4.55. The van der Waals surface area contributed by atoms with Crippen LogP contribution in [0.4, 0.5) is 24.5 Å². The largest absolute Gasteiger partial charge is 0.497 e. The summed E-state index contributed by atoms with van der Waals surface area (Å²) in [6, 6.07) is 11.2. The summed E-state index contributed by atoms with van der Waals surface area (Å²) in [5.74, 6) is -0.120. The van der Waals surface area contributed by atoms with Gasteiger partial charge in [-0.3, -0.25) is 14.5 Å². The quantitative estimate of drug-likeness (QED) is 0.774. The molecule has 1 heterocycles. The number of carbonyl (C=O) groups is 2. The Kier molecular flexibility index (Phi) is 6.35. The van der Waals surface area contributed by atoms with Crippen molar-refractivity contribution in [2.24, 2.45) is 4.99 Å². The molecule has 1 saturated heterocycles. The molecule has 2 aromatic carbocycles. The molecule has 10 heteroatoms. The van der Waals surface area contributed by atoms with Gasteiger partial charge in [-0.25, -0.2) is 4.99 Å². The van der Waals surface area contributed by atoms with Crippen molar-refractivity contribution in [2.75, 3.05) is 19.5 Å². The fourth-order valence-corrected chi connectivity index (χ4v) is 3.72. The number of alkyl halides is 3. The molecule has 0 unspecified atom stereocenters. The third kappa shape index (κ3) is 5.12. The second kappa shape index (κ2) is 8.78. The molecule has 6 nitrogen and oxygen atoms in total. The number of benzene rings is 2. The smallest absolute Gasteiger partial charge is 0.416 e. The summed E-state index contributed by atoms with van der Waals surface area (Å²) in [6.45, 7) is 0. The van der Waals surface area contributed by atoms with Gasteiger partial charge in [0.25, 0.3) is 0 Å². The van der Waals surface area contributed by atoms with Crippen LogP contribution in [0.15, 0.2) is 53.5 Å². The number of thioether (sulfide) groups is 1. The van der Waals surface area contributed by atoms with E-state index < -0.39 is 22.9 Å². The minimum Gasteiger partial charge on any atom is -0.497 e. The molecular formula is C20H18F3N3O3S. The first-order valence-corrected chi connectivity index (χ1v) is 9.69. The lowest BCUT2D eigenvalue weighted by molar-refractivity contribution is -0.137. The molecule has 1 N–H and O–H groups in total. The Morgan fingerprint density at radius 2 is 1.93 bits per heavy atom. The van der Waals surface area contributed by atoms with Gasteiger partial charge in [0.1, 0.15) is 11.0 Å². The number of amides is 2. The first kappa shape index (κ1) is 21.7. The van der Waals surface area contributed by atoms with Crippen LogP contribution in [-0.2, 0) is 15.8 Å². The SMILES string of the molecule is COc1ccc(NC(=O)[C@H]2CC(=O)N(C)C(=Nc3cccc(C(F)(F)F)c3)S2)cc1. The van der Waals surface area contributed by atoms with E-state index in [9.17, 15) is 22.8 Å². The van der Waals surface area contributed by atoms with Crippen LogP contribution in [0.5, 0.6) is 5.75 Å². The highest BCUT2D eigenvalue weighted by atomic mass is 32.2. The number of amidine groups is 1. The number of halogens is 3. The van der Waals surface area contributed by atoms with Gasteiger partial charge in [0.2, 0.25) is 11.8 Å². The zero-order chi connectivity index (χ0) is 21.9. The van der Waals surface area contributed by atoms with Crippen molar-refractivity contribution in [1.29, 1.82) is 0 Å². The van der Waals surface area contributed by atoms with Gasteiger partial charge in [0, 0.05) is 19.2 Å². The van der Waals surface area contributed by atoms with E-state index in [2.05, 4.69) is 10.3 Å². The van der Waals surface area contributed by atoms with Gasteiger partial charge in [-0.1, -0.05) is 17.8 Å². The first-order valence-electron chi connectivity index (χ1n) is 8.81. The van der Waals surface area contributed by atoms with Crippen LogP contribution in [0.1, 0.15) is 12.0 Å². The molecule has 0 spiro atoms. The number of hydrogen-bond donors (Lipinski definition) is 1. The first-order chi connectivity index (χ1) is 14.2. The fraction of sp³-hybridized carbons (Fsp3) is 0.250. The van der Waals surface area contributed by atoms with Crippen LogP contribution in [0, 0.1) is 0 Å². The Labute approximate surface area is 175 Å². The maximum absolute atomic E-state index is 12.9. The average Bonchev–Trinajstić information content (AvgIpc) is 2.71. The van der Waals surface area contributed by atoms with Gasteiger partial charge in [-0.15, -0.1) is 0 Å². The molecule has 1 aliphatic heterocycles. The maximum Gasteiger partial charge on any atom is 0.416 e. The average molecular weight is 437 g/mol. The summed E-state index contributed by atoms with van der Waals surface area (Å²) in [5, 5.41) is 2.11. The van der Waals surface area contributed by atoms with Crippen molar-refractivity contribution in [1.82, 2.24) is 4.90 Å². The Morgan fingerprint density at radius 3 is 2.57 bits per heavy atom. The minimum atomic E-state index is -4.50. The Hall–Kier alpha value is -3.01. The van der Waals surface area contributed by atoms with E-state index in [1.54, 1.807) is 24.3 Å². The van der Waals surface area contributed by atoms with E-state index >= 15 is 0 Å². The molecule has 0 saturated carbocycles. The van der Waals surface area contributed by atoms with Crippen LogP contribution in [-0.4, -0.2) is 41.3 Å². The summed E-state index contributed by atoms with van der Waals surface area (Å²) in [7, 11) is 3.00. The summed E-state index contributed by atoms with van der Waals surface area (Å²) >= 11 is 1.02. The number of ether oxygens (including phenoxy) is 1. The third-order valence-electron chi connectivity index (χ3n) is 4.32. The van der Waals surface area contributed by atoms with E-state index in [-0.39, 0.29) is 23.2 Å². The van der Waals surface area contributed by atoms with Crippen molar-refractivity contribution < 1.29 is 27.5 Å². The highest BCUT2D eigenvalue weighted by Crippen LogP contribution is 2.33. The Morgan fingerprint density at radius 1 is 1.23 bits per heavy atom. The van der Waals surface area contributed by atoms with Crippen LogP contribution < -0.4 is 10.1 Å². The number of hydrogen-bond acceptors (Lipinski definition) is 5. The van der Waals surface area contributed by atoms with E-state index in [1.165, 1.54) is 31.2 Å². The highest BCUT2D eigenvalue weighted by molar-refractivity contribution is 8.15. The van der Waals surface area contributed by atoms with Gasteiger partial charge in [0.15, 0.2) is 5.17 Å². The van der Waals surface area contributed by atoms with Crippen molar-refractivity contribution in [3.8, 4) is 5.75 Å². The predicted octanol–water partition coefficient (Wildman–Crippen LogP) is 4.30. The van der Waals surface area contributed by atoms with E-state index in [1.807, 2.05) is 0 Å². The van der Waals surface area contributed by atoms with Crippen molar-refractivity contribution in [2.45, 2.75) is 17.8 Å². The lowest BCUT2D eigenvalue weighted by Gasteiger charge is -2.28. The molecule has 2 aromatic rings. The monoisotopic (exact) mass is 437 g/mol. The molecule has 3 rings (SSSR count). The lowest BCUT2D eigenvalue weighted by Crippen LogP contribution is -2.43. The van der Waals surface area contributed by atoms with Crippen LogP contribution >= 0.6 is 11.8 Å². The molecule has 158 valence electrons. The predicted molar refractivity (Wildman–Crippen MR) is 109 cm³/mol. The highest BCUT2D eigenvalue weighted by Gasteiger charge is 2.34. The van der Waals surface area contributed by atoms with E-state index in [0.29, 0.717) is 11.4 Å². The number of anilines is 1. The molecule has 0 bridgehead atoms. The molecule has 1 fully saturated rings. The lowest BCUT2D eigenvalue weighted by atomic mass is 10.2. The third-order valence-corrected chi connectivity index (χ3v) is 5.56. The fourth-order valence-electron chi connectivity index (χ4n) is 2.66. The number of nitrogens with one attached hydrogen (secondary N) is 1. The minimum absolute atomic E-state index is 0.0446. The molecule has 0 aliphatic carbocycles. The standard InChI is InChI=1S/C20H18F3N3O3S/c1-26-17(27)11-16(18(28)24-13-6-8-15(29-2)9-7-13)30-19(26)25-14-5-3-4-12(10-14)20(21,22)23/h3-10,16H,11H2,1-2H3,(H,24,28)/t16-/m1/s1. The Bertz CT molecular complexity index is 977. The zero-order valence-corrected chi connectivity index (χ0v) is 16.9. The van der Waals surface area contributed by atoms with Crippen LogP contribution in [0.2, 0.25) is 0 Å². The molecule has 2 amide bonds. The van der Waals surface area contributed by atoms with Crippen LogP contribution in [0.3, 0.4) is 0 Å². The zero-order valence-electron chi connectivity index (χ0n) is 16.1. The normalized spacial score (nSPS) is 18.4. The van der Waals surface area contributed by atoms with E-state index in [4.69, 9.17) is 4.74 Å².